The second-order valence-corrected chi connectivity index (χ2v) is 6.00. The predicted molar refractivity (Wildman–Crippen MR) is 95.0 cm³/mol. The fourth-order valence-electron chi connectivity index (χ4n) is 2.49. The maximum absolute atomic E-state index is 12.3. The number of benzene rings is 1. The Kier molecular flexibility index (Phi) is 4.83. The number of aromatic nitrogens is 4. The van der Waals surface area contributed by atoms with Crippen LogP contribution in [0.15, 0.2) is 48.9 Å². The maximum atomic E-state index is 12.3. The molecular weight excluding hydrogens is 334 g/mol. The summed E-state index contributed by atoms with van der Waals surface area (Å²) in [6, 6.07) is 9.10. The third kappa shape index (κ3) is 3.80. The number of anilines is 1. The molecule has 0 saturated heterocycles. The van der Waals surface area contributed by atoms with Gasteiger partial charge in [-0.05, 0) is 25.0 Å². The van der Waals surface area contributed by atoms with Crippen LogP contribution in [0.5, 0.6) is 0 Å². The molecule has 0 aliphatic carbocycles. The van der Waals surface area contributed by atoms with Crippen molar-refractivity contribution < 1.29 is 14.7 Å². The van der Waals surface area contributed by atoms with Crippen LogP contribution in [0.25, 0.3) is 0 Å². The minimum Gasteiger partial charge on any atom is -0.478 e. The Labute approximate surface area is 150 Å². The van der Waals surface area contributed by atoms with Gasteiger partial charge in [0, 0.05) is 18.5 Å². The zero-order valence-corrected chi connectivity index (χ0v) is 14.5. The van der Waals surface area contributed by atoms with E-state index in [1.165, 1.54) is 22.6 Å². The molecule has 1 atom stereocenters. The topological polar surface area (TPSA) is 102 Å². The normalized spacial score (nSPS) is 11.9. The highest BCUT2D eigenvalue weighted by Crippen LogP contribution is 2.13. The van der Waals surface area contributed by atoms with Crippen LogP contribution in [0, 0.1) is 6.92 Å². The second-order valence-electron chi connectivity index (χ2n) is 6.00. The molecule has 1 amide bonds. The van der Waals surface area contributed by atoms with Gasteiger partial charge in [-0.3, -0.25) is 14.2 Å². The molecule has 0 spiro atoms. The molecule has 8 nitrogen and oxygen atoms in total. The van der Waals surface area contributed by atoms with Crippen molar-refractivity contribution in [2.45, 2.75) is 26.4 Å². The van der Waals surface area contributed by atoms with E-state index in [0.717, 1.165) is 5.56 Å². The number of amides is 1. The standard InChI is InChI=1S/C18H19N5O3/c1-12-5-3-4-6-14(12)10-22-8-7-16(21-22)20-17(24)13(2)23-11-15(9-19-23)18(25)26/h3-9,11,13H,10H2,1-2H3,(H,25,26)(H,20,21,24). The summed E-state index contributed by atoms with van der Waals surface area (Å²) in [5, 5.41) is 19.9. The predicted octanol–water partition coefficient (Wildman–Crippen LogP) is 2.33. The lowest BCUT2D eigenvalue weighted by atomic mass is 10.1. The molecule has 0 fully saturated rings. The van der Waals surface area contributed by atoms with E-state index in [0.29, 0.717) is 12.4 Å². The average molecular weight is 353 g/mol. The van der Waals surface area contributed by atoms with Gasteiger partial charge in [-0.15, -0.1) is 0 Å². The van der Waals surface area contributed by atoms with Crippen molar-refractivity contribution in [3.05, 3.63) is 65.6 Å². The van der Waals surface area contributed by atoms with Crippen molar-refractivity contribution in [3.63, 3.8) is 0 Å². The van der Waals surface area contributed by atoms with Gasteiger partial charge in [0.25, 0.3) is 0 Å². The van der Waals surface area contributed by atoms with E-state index in [-0.39, 0.29) is 11.5 Å². The lowest BCUT2D eigenvalue weighted by Crippen LogP contribution is -2.24. The van der Waals surface area contributed by atoms with Gasteiger partial charge in [-0.25, -0.2) is 4.79 Å². The number of nitrogens with zero attached hydrogens (tertiary/aromatic N) is 4. The van der Waals surface area contributed by atoms with Crippen molar-refractivity contribution in [1.82, 2.24) is 19.6 Å². The molecule has 26 heavy (non-hydrogen) atoms. The van der Waals surface area contributed by atoms with E-state index < -0.39 is 12.0 Å². The number of carboxylic acid groups (broad SMARTS) is 1. The highest BCUT2D eigenvalue weighted by atomic mass is 16.4. The average Bonchev–Trinajstić information content (AvgIpc) is 3.26. The number of nitrogens with one attached hydrogen (secondary N) is 1. The van der Waals surface area contributed by atoms with Crippen LogP contribution in [-0.4, -0.2) is 36.5 Å². The minimum atomic E-state index is -1.08. The SMILES string of the molecule is Cc1ccccc1Cn1ccc(NC(=O)C(C)n2cc(C(=O)O)cn2)n1. The minimum absolute atomic E-state index is 0.0344. The summed E-state index contributed by atoms with van der Waals surface area (Å²) in [7, 11) is 0. The van der Waals surface area contributed by atoms with Crippen molar-refractivity contribution >= 4 is 17.7 Å². The number of carbonyl (C=O) groups excluding carboxylic acids is 1. The van der Waals surface area contributed by atoms with Crippen molar-refractivity contribution in [1.29, 1.82) is 0 Å². The molecule has 8 heteroatoms. The first kappa shape index (κ1) is 17.4. The van der Waals surface area contributed by atoms with Gasteiger partial charge < -0.3 is 10.4 Å². The summed E-state index contributed by atoms with van der Waals surface area (Å²) >= 11 is 0. The molecule has 0 aliphatic heterocycles. The summed E-state index contributed by atoms with van der Waals surface area (Å²) in [6.07, 6.45) is 4.33. The lowest BCUT2D eigenvalue weighted by Gasteiger charge is -2.11. The Bertz CT molecular complexity index is 944. The summed E-state index contributed by atoms with van der Waals surface area (Å²) < 4.78 is 3.06. The Morgan fingerprint density at radius 2 is 2.04 bits per heavy atom. The molecule has 3 rings (SSSR count). The number of rotatable bonds is 6. The largest absolute Gasteiger partial charge is 0.478 e. The Balaban J connectivity index is 1.65. The second kappa shape index (κ2) is 7.22. The number of carboxylic acids is 1. The maximum Gasteiger partial charge on any atom is 0.338 e. The van der Waals surface area contributed by atoms with Gasteiger partial charge in [0.2, 0.25) is 5.91 Å². The van der Waals surface area contributed by atoms with E-state index in [1.54, 1.807) is 23.9 Å². The summed E-state index contributed by atoms with van der Waals surface area (Å²) in [6.45, 7) is 4.29. The molecular formula is C18H19N5O3. The number of hydrogen-bond donors (Lipinski definition) is 2. The van der Waals surface area contributed by atoms with Gasteiger partial charge in [0.1, 0.15) is 6.04 Å². The molecule has 3 aromatic rings. The number of carbonyl (C=O) groups is 2. The molecule has 1 aromatic carbocycles. The highest BCUT2D eigenvalue weighted by Gasteiger charge is 2.18. The van der Waals surface area contributed by atoms with Gasteiger partial charge in [0.15, 0.2) is 5.82 Å². The van der Waals surface area contributed by atoms with Gasteiger partial charge in [-0.1, -0.05) is 24.3 Å². The third-order valence-corrected chi connectivity index (χ3v) is 4.11. The number of aromatic carboxylic acids is 1. The van der Waals surface area contributed by atoms with Crippen LogP contribution in [0.2, 0.25) is 0 Å². The zero-order chi connectivity index (χ0) is 18.7. The molecule has 0 bridgehead atoms. The van der Waals surface area contributed by atoms with Crippen LogP contribution in [0.1, 0.15) is 34.5 Å². The fraction of sp³-hybridized carbons (Fsp3) is 0.222. The summed E-state index contributed by atoms with van der Waals surface area (Å²) in [4.78, 5) is 23.3. The first-order chi connectivity index (χ1) is 12.4. The molecule has 2 aromatic heterocycles. The smallest absolute Gasteiger partial charge is 0.338 e. The van der Waals surface area contributed by atoms with E-state index >= 15 is 0 Å². The molecule has 0 radical (unpaired) electrons. The van der Waals surface area contributed by atoms with E-state index in [9.17, 15) is 9.59 Å². The fourth-order valence-corrected chi connectivity index (χ4v) is 2.49. The monoisotopic (exact) mass is 353 g/mol. The van der Waals surface area contributed by atoms with Gasteiger partial charge in [0.05, 0.1) is 18.3 Å². The van der Waals surface area contributed by atoms with E-state index in [1.807, 2.05) is 31.2 Å². The molecule has 0 saturated carbocycles. The van der Waals surface area contributed by atoms with Crippen molar-refractivity contribution in [2.75, 3.05) is 5.32 Å². The molecule has 1 unspecified atom stereocenters. The Morgan fingerprint density at radius 1 is 1.27 bits per heavy atom. The van der Waals surface area contributed by atoms with Crippen molar-refractivity contribution in [3.8, 4) is 0 Å². The van der Waals surface area contributed by atoms with Crippen LogP contribution < -0.4 is 5.32 Å². The van der Waals surface area contributed by atoms with Crippen molar-refractivity contribution in [2.24, 2.45) is 0 Å². The number of hydrogen-bond acceptors (Lipinski definition) is 4. The van der Waals surface area contributed by atoms with Gasteiger partial charge >= 0.3 is 5.97 Å². The van der Waals surface area contributed by atoms with E-state index in [4.69, 9.17) is 5.11 Å². The summed E-state index contributed by atoms with van der Waals surface area (Å²) in [5.41, 5.74) is 2.36. The molecule has 0 aliphatic rings. The Morgan fingerprint density at radius 3 is 2.73 bits per heavy atom. The quantitative estimate of drug-likeness (QED) is 0.708. The van der Waals surface area contributed by atoms with Crippen LogP contribution >= 0.6 is 0 Å². The molecule has 2 heterocycles. The highest BCUT2D eigenvalue weighted by molar-refractivity contribution is 5.92. The third-order valence-electron chi connectivity index (χ3n) is 4.11. The van der Waals surface area contributed by atoms with E-state index in [2.05, 4.69) is 15.5 Å². The van der Waals surface area contributed by atoms with Crippen LogP contribution in [0.3, 0.4) is 0 Å². The molecule has 2 N–H and O–H groups in total. The summed E-state index contributed by atoms with van der Waals surface area (Å²) in [5.74, 6) is -0.981. The lowest BCUT2D eigenvalue weighted by molar-refractivity contribution is -0.119. The Hall–Kier alpha value is -3.42. The van der Waals surface area contributed by atoms with Gasteiger partial charge in [-0.2, -0.15) is 10.2 Å². The van der Waals surface area contributed by atoms with Crippen LogP contribution in [-0.2, 0) is 11.3 Å². The zero-order valence-electron chi connectivity index (χ0n) is 14.5. The molecule has 134 valence electrons. The number of aryl methyl sites for hydroxylation is 1. The van der Waals surface area contributed by atoms with Crippen LogP contribution in [0.4, 0.5) is 5.82 Å². The first-order valence-electron chi connectivity index (χ1n) is 8.10. The first-order valence-corrected chi connectivity index (χ1v) is 8.10.